The van der Waals surface area contributed by atoms with Gasteiger partial charge in [0.1, 0.15) is 5.75 Å². The molecule has 0 fully saturated rings. The van der Waals surface area contributed by atoms with Gasteiger partial charge in [-0.25, -0.2) is 0 Å². The average Bonchev–Trinajstić information content (AvgIpc) is 2.83. The van der Waals surface area contributed by atoms with Crippen LogP contribution in [0.3, 0.4) is 0 Å². The van der Waals surface area contributed by atoms with E-state index in [9.17, 15) is 0 Å². The molecule has 1 heterocycles. The molecular weight excluding hydrogens is 336 g/mol. The van der Waals surface area contributed by atoms with Crippen molar-refractivity contribution in [2.75, 3.05) is 12.4 Å². The summed E-state index contributed by atoms with van der Waals surface area (Å²) in [6.45, 7) is 6.77. The number of hydrogen-bond acceptors (Lipinski definition) is 6. The SMILES string of the molecule is COc1ccc(Nc2nnc(CNC(C)(C)C)o2)cc1Br. The number of anilines is 2. The Balaban J connectivity index is 2.00. The minimum atomic E-state index is 0.00289. The van der Waals surface area contributed by atoms with Crippen molar-refractivity contribution in [2.45, 2.75) is 32.9 Å². The fraction of sp³-hybridized carbons (Fsp3) is 0.429. The molecule has 0 bridgehead atoms. The highest BCUT2D eigenvalue weighted by atomic mass is 79.9. The highest BCUT2D eigenvalue weighted by Crippen LogP contribution is 2.28. The Kier molecular flexibility index (Phi) is 4.84. The standard InChI is InChI=1S/C14H19BrN4O2/c1-14(2,3)16-8-12-18-19-13(21-12)17-9-5-6-11(20-4)10(15)7-9/h5-7,16H,8H2,1-4H3,(H,17,19). The first-order valence-corrected chi connectivity index (χ1v) is 7.34. The predicted octanol–water partition coefficient (Wildman–Crippen LogP) is 3.47. The molecule has 0 saturated carbocycles. The normalized spacial score (nSPS) is 11.5. The first-order valence-electron chi connectivity index (χ1n) is 6.55. The number of methoxy groups -OCH3 is 1. The maximum Gasteiger partial charge on any atom is 0.320 e. The highest BCUT2D eigenvalue weighted by molar-refractivity contribution is 9.10. The Hall–Kier alpha value is -1.60. The highest BCUT2D eigenvalue weighted by Gasteiger charge is 2.12. The lowest BCUT2D eigenvalue weighted by Crippen LogP contribution is -2.35. The Morgan fingerprint density at radius 3 is 2.67 bits per heavy atom. The minimum Gasteiger partial charge on any atom is -0.496 e. The summed E-state index contributed by atoms with van der Waals surface area (Å²) in [7, 11) is 1.62. The van der Waals surface area contributed by atoms with E-state index in [1.807, 2.05) is 18.2 Å². The lowest BCUT2D eigenvalue weighted by molar-refractivity contribution is 0.384. The van der Waals surface area contributed by atoms with E-state index in [4.69, 9.17) is 9.15 Å². The van der Waals surface area contributed by atoms with E-state index in [1.165, 1.54) is 0 Å². The number of nitrogens with one attached hydrogen (secondary N) is 2. The fourth-order valence-electron chi connectivity index (χ4n) is 1.58. The van der Waals surface area contributed by atoms with Crippen molar-refractivity contribution in [3.63, 3.8) is 0 Å². The molecule has 2 aromatic rings. The number of rotatable bonds is 5. The zero-order valence-electron chi connectivity index (χ0n) is 12.5. The van der Waals surface area contributed by atoms with E-state index in [2.05, 4.69) is 57.5 Å². The number of halogens is 1. The summed E-state index contributed by atoms with van der Waals surface area (Å²) in [5.74, 6) is 1.31. The smallest absolute Gasteiger partial charge is 0.320 e. The van der Waals surface area contributed by atoms with Crippen LogP contribution in [-0.4, -0.2) is 22.8 Å². The molecule has 0 saturated heterocycles. The molecule has 21 heavy (non-hydrogen) atoms. The number of hydrogen-bond donors (Lipinski definition) is 2. The quantitative estimate of drug-likeness (QED) is 0.856. The number of benzene rings is 1. The van der Waals surface area contributed by atoms with E-state index in [1.54, 1.807) is 7.11 Å². The Bertz CT molecular complexity index is 607. The van der Waals surface area contributed by atoms with Crippen LogP contribution in [0.5, 0.6) is 5.75 Å². The largest absolute Gasteiger partial charge is 0.496 e. The van der Waals surface area contributed by atoms with E-state index in [-0.39, 0.29) is 5.54 Å². The van der Waals surface area contributed by atoms with Gasteiger partial charge >= 0.3 is 6.01 Å². The Morgan fingerprint density at radius 2 is 2.05 bits per heavy atom. The third-order valence-corrected chi connectivity index (χ3v) is 3.26. The van der Waals surface area contributed by atoms with Gasteiger partial charge in [-0.3, -0.25) is 0 Å². The summed E-state index contributed by atoms with van der Waals surface area (Å²) in [4.78, 5) is 0. The van der Waals surface area contributed by atoms with Crippen LogP contribution < -0.4 is 15.4 Å². The van der Waals surface area contributed by atoms with Crippen molar-refractivity contribution in [1.82, 2.24) is 15.5 Å². The summed E-state index contributed by atoms with van der Waals surface area (Å²) < 4.78 is 11.6. The van der Waals surface area contributed by atoms with Gasteiger partial charge in [0.25, 0.3) is 0 Å². The molecule has 2 rings (SSSR count). The first kappa shape index (κ1) is 15.8. The van der Waals surface area contributed by atoms with Crippen LogP contribution in [0, 0.1) is 0 Å². The van der Waals surface area contributed by atoms with E-state index in [0.29, 0.717) is 18.5 Å². The Morgan fingerprint density at radius 1 is 1.29 bits per heavy atom. The molecule has 0 amide bonds. The number of aromatic nitrogens is 2. The first-order chi connectivity index (χ1) is 9.87. The van der Waals surface area contributed by atoms with Gasteiger partial charge in [-0.05, 0) is 54.9 Å². The monoisotopic (exact) mass is 354 g/mol. The summed E-state index contributed by atoms with van der Waals surface area (Å²) in [5, 5.41) is 14.3. The summed E-state index contributed by atoms with van der Waals surface area (Å²) in [6, 6.07) is 5.97. The van der Waals surface area contributed by atoms with Crippen LogP contribution in [0.1, 0.15) is 26.7 Å². The second-order valence-corrected chi connectivity index (χ2v) is 6.43. The van der Waals surface area contributed by atoms with Gasteiger partial charge in [-0.1, -0.05) is 5.10 Å². The van der Waals surface area contributed by atoms with Crippen LogP contribution in [0.25, 0.3) is 0 Å². The van der Waals surface area contributed by atoms with Crippen molar-refractivity contribution in [1.29, 1.82) is 0 Å². The lowest BCUT2D eigenvalue weighted by Gasteiger charge is -2.18. The van der Waals surface area contributed by atoms with Gasteiger partial charge < -0.3 is 19.8 Å². The van der Waals surface area contributed by atoms with Crippen molar-refractivity contribution >= 4 is 27.6 Å². The Labute approximate surface area is 132 Å². The fourth-order valence-corrected chi connectivity index (χ4v) is 2.12. The molecule has 114 valence electrons. The van der Waals surface area contributed by atoms with Crippen molar-refractivity contribution in [3.8, 4) is 5.75 Å². The summed E-state index contributed by atoms with van der Waals surface area (Å²) >= 11 is 3.43. The van der Waals surface area contributed by atoms with Gasteiger partial charge in [0.2, 0.25) is 5.89 Å². The third-order valence-electron chi connectivity index (χ3n) is 2.64. The molecule has 0 aliphatic rings. The maximum absolute atomic E-state index is 5.54. The predicted molar refractivity (Wildman–Crippen MR) is 84.9 cm³/mol. The molecule has 0 unspecified atom stereocenters. The lowest BCUT2D eigenvalue weighted by atomic mass is 10.1. The van der Waals surface area contributed by atoms with Gasteiger partial charge in [-0.15, -0.1) is 5.10 Å². The van der Waals surface area contributed by atoms with Gasteiger partial charge in [0.15, 0.2) is 0 Å². The molecule has 0 radical (unpaired) electrons. The average molecular weight is 355 g/mol. The molecule has 0 atom stereocenters. The van der Waals surface area contributed by atoms with Crippen LogP contribution in [0.4, 0.5) is 11.7 Å². The van der Waals surface area contributed by atoms with E-state index >= 15 is 0 Å². The van der Waals surface area contributed by atoms with E-state index in [0.717, 1.165) is 15.9 Å². The van der Waals surface area contributed by atoms with Crippen molar-refractivity contribution in [3.05, 3.63) is 28.6 Å². The molecule has 0 aliphatic heterocycles. The number of nitrogens with zero attached hydrogens (tertiary/aromatic N) is 2. The topological polar surface area (TPSA) is 72.2 Å². The van der Waals surface area contributed by atoms with Crippen LogP contribution in [0.15, 0.2) is 27.1 Å². The summed E-state index contributed by atoms with van der Waals surface area (Å²) in [6.07, 6.45) is 0. The summed E-state index contributed by atoms with van der Waals surface area (Å²) in [5.41, 5.74) is 0.838. The van der Waals surface area contributed by atoms with Gasteiger partial charge in [0, 0.05) is 11.2 Å². The maximum atomic E-state index is 5.54. The van der Waals surface area contributed by atoms with Gasteiger partial charge in [0.05, 0.1) is 18.1 Å². The molecule has 7 heteroatoms. The zero-order chi connectivity index (χ0) is 15.5. The third kappa shape index (κ3) is 4.71. The molecule has 6 nitrogen and oxygen atoms in total. The second kappa shape index (κ2) is 6.44. The van der Waals surface area contributed by atoms with Crippen LogP contribution in [-0.2, 0) is 6.54 Å². The molecule has 2 N–H and O–H groups in total. The van der Waals surface area contributed by atoms with Crippen molar-refractivity contribution < 1.29 is 9.15 Å². The second-order valence-electron chi connectivity index (χ2n) is 5.58. The molecule has 0 aliphatic carbocycles. The van der Waals surface area contributed by atoms with Gasteiger partial charge in [-0.2, -0.15) is 0 Å². The molecule has 1 aromatic heterocycles. The molecular formula is C14H19BrN4O2. The minimum absolute atomic E-state index is 0.00289. The van der Waals surface area contributed by atoms with Crippen LogP contribution >= 0.6 is 15.9 Å². The van der Waals surface area contributed by atoms with Crippen LogP contribution in [0.2, 0.25) is 0 Å². The van der Waals surface area contributed by atoms with E-state index < -0.39 is 0 Å². The number of ether oxygens (including phenoxy) is 1. The zero-order valence-corrected chi connectivity index (χ0v) is 14.1. The molecule has 1 aromatic carbocycles. The van der Waals surface area contributed by atoms with Crippen molar-refractivity contribution in [2.24, 2.45) is 0 Å². The molecule has 0 spiro atoms.